The van der Waals surface area contributed by atoms with Crippen molar-refractivity contribution in [2.45, 2.75) is 29.5 Å². The molecule has 0 aliphatic rings. The van der Waals surface area contributed by atoms with E-state index >= 15 is 0 Å². The molecule has 5 heteroatoms. The summed E-state index contributed by atoms with van der Waals surface area (Å²) in [6.07, 6.45) is 0.754. The third kappa shape index (κ3) is 5.57. The van der Waals surface area contributed by atoms with Crippen LogP contribution in [0.25, 0.3) is 0 Å². The van der Waals surface area contributed by atoms with E-state index in [1.54, 1.807) is 0 Å². The van der Waals surface area contributed by atoms with Gasteiger partial charge in [0.25, 0.3) is 0 Å². The van der Waals surface area contributed by atoms with Crippen LogP contribution in [0.2, 0.25) is 5.02 Å². The number of hydrogen-bond donors (Lipinski definition) is 2. The third-order valence-corrected chi connectivity index (χ3v) is 5.09. The lowest BCUT2D eigenvalue weighted by Gasteiger charge is -2.18. The van der Waals surface area contributed by atoms with Gasteiger partial charge in [-0.25, -0.2) is 0 Å². The quantitative estimate of drug-likeness (QED) is 0.743. The molecule has 0 heterocycles. The van der Waals surface area contributed by atoms with Gasteiger partial charge in [-0.1, -0.05) is 54.1 Å². The summed E-state index contributed by atoms with van der Waals surface area (Å²) in [7, 11) is 0. The van der Waals surface area contributed by atoms with Crippen molar-refractivity contribution in [2.75, 3.05) is 6.54 Å². The monoisotopic (exact) mass is 348 g/mol. The van der Waals surface area contributed by atoms with E-state index in [1.165, 1.54) is 11.8 Å². The highest BCUT2D eigenvalue weighted by Gasteiger charge is 2.22. The summed E-state index contributed by atoms with van der Waals surface area (Å²) in [6, 6.07) is 17.4. The fourth-order valence-electron chi connectivity index (χ4n) is 2.08. The lowest BCUT2D eigenvalue weighted by atomic mass is 10.1. The zero-order chi connectivity index (χ0) is 16.7. The maximum atomic E-state index is 12.6. The van der Waals surface area contributed by atoms with Crippen molar-refractivity contribution in [1.29, 1.82) is 0 Å². The fraction of sp³-hybridized carbons (Fsp3) is 0.278. The molecule has 2 aromatic rings. The van der Waals surface area contributed by atoms with Crippen LogP contribution in [0.5, 0.6) is 0 Å². The molecule has 0 radical (unpaired) electrons. The van der Waals surface area contributed by atoms with E-state index in [-0.39, 0.29) is 17.2 Å². The molecule has 2 aromatic carbocycles. The van der Waals surface area contributed by atoms with Gasteiger partial charge in [0.05, 0.1) is 5.02 Å². The number of nitrogens with one attached hydrogen (secondary N) is 1. The molecule has 0 fully saturated rings. The Morgan fingerprint density at radius 1 is 1.17 bits per heavy atom. The highest BCUT2D eigenvalue weighted by atomic mass is 35.5. The first-order chi connectivity index (χ1) is 11.1. The number of hydrogen-bond acceptors (Lipinski definition) is 3. The van der Waals surface area contributed by atoms with Gasteiger partial charge in [0.1, 0.15) is 5.25 Å². The zero-order valence-corrected chi connectivity index (χ0v) is 14.6. The second-order valence-corrected chi connectivity index (χ2v) is 6.95. The number of nitrogens with two attached hydrogens (primary N) is 1. The van der Waals surface area contributed by atoms with E-state index in [2.05, 4.69) is 5.32 Å². The van der Waals surface area contributed by atoms with Crippen LogP contribution >= 0.6 is 23.4 Å². The van der Waals surface area contributed by atoms with Gasteiger partial charge in [-0.2, -0.15) is 0 Å². The van der Waals surface area contributed by atoms with Crippen LogP contribution < -0.4 is 11.1 Å². The first-order valence-corrected chi connectivity index (χ1v) is 8.83. The van der Waals surface area contributed by atoms with Crippen LogP contribution in [0.15, 0.2) is 59.5 Å². The second-order valence-electron chi connectivity index (χ2n) is 5.40. The lowest BCUT2D eigenvalue weighted by Crippen LogP contribution is -2.31. The molecule has 0 aromatic heterocycles. The molecular weight excluding hydrogens is 328 g/mol. The van der Waals surface area contributed by atoms with Crippen LogP contribution in [-0.2, 0) is 4.79 Å². The number of halogens is 1. The molecule has 0 spiro atoms. The molecule has 3 N–H and O–H groups in total. The van der Waals surface area contributed by atoms with Gasteiger partial charge in [0.2, 0.25) is 5.91 Å². The molecule has 23 heavy (non-hydrogen) atoms. The predicted octanol–water partition coefficient (Wildman–Crippen LogP) is 4.03. The molecule has 2 atom stereocenters. The minimum Gasteiger partial charge on any atom is -0.355 e. The highest BCUT2D eigenvalue weighted by Crippen LogP contribution is 2.38. The number of rotatable bonds is 7. The maximum absolute atomic E-state index is 12.6. The van der Waals surface area contributed by atoms with Crippen LogP contribution in [-0.4, -0.2) is 18.5 Å². The molecule has 0 bridgehead atoms. The van der Waals surface area contributed by atoms with Crippen molar-refractivity contribution >= 4 is 29.3 Å². The van der Waals surface area contributed by atoms with E-state index in [9.17, 15) is 4.79 Å². The summed E-state index contributed by atoms with van der Waals surface area (Å²) >= 11 is 7.70. The Balaban J connectivity index is 2.15. The summed E-state index contributed by atoms with van der Waals surface area (Å²) in [5.74, 6) is -0.0261. The Morgan fingerprint density at radius 3 is 2.48 bits per heavy atom. The van der Waals surface area contributed by atoms with Crippen molar-refractivity contribution in [3.63, 3.8) is 0 Å². The largest absolute Gasteiger partial charge is 0.355 e. The first kappa shape index (κ1) is 17.9. The number of carbonyl (C=O) groups is 1. The summed E-state index contributed by atoms with van der Waals surface area (Å²) < 4.78 is 0. The van der Waals surface area contributed by atoms with E-state index in [0.29, 0.717) is 11.6 Å². The summed E-state index contributed by atoms with van der Waals surface area (Å²) in [5, 5.41) is 3.28. The van der Waals surface area contributed by atoms with Crippen LogP contribution in [0.4, 0.5) is 0 Å². The Hall–Kier alpha value is -1.49. The lowest BCUT2D eigenvalue weighted by molar-refractivity contribution is -0.120. The topological polar surface area (TPSA) is 55.1 Å². The van der Waals surface area contributed by atoms with Gasteiger partial charge < -0.3 is 11.1 Å². The van der Waals surface area contributed by atoms with Crippen molar-refractivity contribution < 1.29 is 4.79 Å². The highest BCUT2D eigenvalue weighted by molar-refractivity contribution is 8.00. The van der Waals surface area contributed by atoms with E-state index in [0.717, 1.165) is 16.9 Å². The zero-order valence-electron chi connectivity index (χ0n) is 13.0. The average molecular weight is 349 g/mol. The number of carbonyl (C=O) groups excluding carboxylic acids is 1. The van der Waals surface area contributed by atoms with Crippen molar-refractivity contribution in [3.8, 4) is 0 Å². The van der Waals surface area contributed by atoms with Crippen molar-refractivity contribution in [1.82, 2.24) is 5.32 Å². The van der Waals surface area contributed by atoms with E-state index in [4.69, 9.17) is 17.3 Å². The molecule has 0 saturated heterocycles. The van der Waals surface area contributed by atoms with Crippen LogP contribution in [0.3, 0.4) is 0 Å². The summed E-state index contributed by atoms with van der Waals surface area (Å²) in [6.45, 7) is 2.50. The van der Waals surface area contributed by atoms with E-state index in [1.807, 2.05) is 61.5 Å². The Kier molecular flexibility index (Phi) is 6.96. The third-order valence-electron chi connectivity index (χ3n) is 3.32. The second kappa shape index (κ2) is 8.96. The van der Waals surface area contributed by atoms with Crippen molar-refractivity contribution in [2.24, 2.45) is 5.73 Å². The maximum Gasteiger partial charge on any atom is 0.237 e. The van der Waals surface area contributed by atoms with Gasteiger partial charge in [-0.15, -0.1) is 11.8 Å². The summed E-state index contributed by atoms with van der Waals surface area (Å²) in [4.78, 5) is 13.5. The Bertz CT molecular complexity index is 634. The molecule has 2 rings (SSSR count). The van der Waals surface area contributed by atoms with Crippen LogP contribution in [0.1, 0.15) is 24.2 Å². The smallest absolute Gasteiger partial charge is 0.237 e. The molecule has 1 amide bonds. The number of benzene rings is 2. The molecule has 3 nitrogen and oxygen atoms in total. The van der Waals surface area contributed by atoms with E-state index < -0.39 is 0 Å². The molecule has 122 valence electrons. The molecular formula is C18H21ClN2OS. The molecule has 0 aliphatic carbocycles. The molecule has 0 aliphatic heterocycles. The number of amides is 1. The summed E-state index contributed by atoms with van der Waals surface area (Å²) in [5.41, 5.74) is 6.69. The molecule has 0 saturated carbocycles. The van der Waals surface area contributed by atoms with Gasteiger partial charge >= 0.3 is 0 Å². The fourth-order valence-corrected chi connectivity index (χ4v) is 3.43. The van der Waals surface area contributed by atoms with Gasteiger partial charge in [0.15, 0.2) is 0 Å². The Morgan fingerprint density at radius 2 is 1.83 bits per heavy atom. The predicted molar refractivity (Wildman–Crippen MR) is 97.8 cm³/mol. The SMILES string of the molecule is CC(N)CCNC(=O)C(Sc1ccccc1Cl)c1ccccc1. The minimum absolute atomic E-state index is 0.0261. The Labute approximate surface area is 146 Å². The van der Waals surface area contributed by atoms with Gasteiger partial charge in [-0.3, -0.25) is 4.79 Å². The standard InChI is InChI=1S/C18H21ClN2OS/c1-13(20)11-12-21-18(22)17(14-7-3-2-4-8-14)23-16-10-6-5-9-15(16)19/h2-10,13,17H,11-12,20H2,1H3,(H,21,22). The molecule has 2 unspecified atom stereocenters. The van der Waals surface area contributed by atoms with Crippen LogP contribution in [0, 0.1) is 0 Å². The average Bonchev–Trinajstić information content (AvgIpc) is 2.54. The van der Waals surface area contributed by atoms with Crippen molar-refractivity contribution in [3.05, 3.63) is 65.2 Å². The normalized spacial score (nSPS) is 13.3. The minimum atomic E-state index is -0.343. The number of thioether (sulfide) groups is 1. The van der Waals surface area contributed by atoms with Gasteiger partial charge in [0, 0.05) is 17.5 Å². The first-order valence-electron chi connectivity index (χ1n) is 7.57. The van der Waals surface area contributed by atoms with Gasteiger partial charge in [-0.05, 0) is 31.0 Å².